The van der Waals surface area contributed by atoms with E-state index < -0.39 is 23.5 Å². The molecular formula is C21H16F3N5O5. The third-order valence-corrected chi connectivity index (χ3v) is 4.76. The summed E-state index contributed by atoms with van der Waals surface area (Å²) < 4.78 is 52.7. The summed E-state index contributed by atoms with van der Waals surface area (Å²) in [6.07, 6.45) is -5.19. The molecule has 0 saturated carbocycles. The van der Waals surface area contributed by atoms with Crippen molar-refractivity contribution >= 4 is 39.7 Å². The molecule has 176 valence electrons. The molecule has 0 atom stereocenters. The lowest BCUT2D eigenvalue weighted by Crippen LogP contribution is -2.28. The Morgan fingerprint density at radius 1 is 1.00 bits per heavy atom. The van der Waals surface area contributed by atoms with Crippen molar-refractivity contribution in [1.82, 2.24) is 19.9 Å². The zero-order chi connectivity index (χ0) is 24.6. The van der Waals surface area contributed by atoms with Gasteiger partial charge in [0.2, 0.25) is 11.9 Å². The molecule has 0 spiro atoms. The first-order valence-electron chi connectivity index (χ1n) is 9.60. The van der Waals surface area contributed by atoms with Gasteiger partial charge in [-0.2, -0.15) is 13.2 Å². The van der Waals surface area contributed by atoms with Crippen molar-refractivity contribution in [3.8, 4) is 17.2 Å². The second kappa shape index (κ2) is 8.50. The van der Waals surface area contributed by atoms with Crippen molar-refractivity contribution in [2.45, 2.75) is 13.1 Å². The van der Waals surface area contributed by atoms with Gasteiger partial charge in [0.05, 0.1) is 30.8 Å². The highest BCUT2D eigenvalue weighted by Crippen LogP contribution is 2.34. The highest BCUT2D eigenvalue weighted by Gasteiger charge is 2.42. The number of alkyl halides is 3. The fourth-order valence-corrected chi connectivity index (χ4v) is 3.21. The third-order valence-electron chi connectivity index (χ3n) is 4.76. The quantitative estimate of drug-likeness (QED) is 0.330. The number of rotatable bonds is 5. The molecule has 0 unspecified atom stereocenters. The van der Waals surface area contributed by atoms with E-state index in [1.807, 2.05) is 0 Å². The van der Waals surface area contributed by atoms with Crippen LogP contribution in [-0.4, -0.2) is 46.3 Å². The van der Waals surface area contributed by atoms with Crippen LogP contribution in [0.3, 0.4) is 0 Å². The first kappa shape index (κ1) is 22.8. The summed E-state index contributed by atoms with van der Waals surface area (Å²) >= 11 is 0. The Balaban J connectivity index is 1.77. The van der Waals surface area contributed by atoms with Gasteiger partial charge in [-0.3, -0.25) is 15.1 Å². The Morgan fingerprint density at radius 3 is 2.41 bits per heavy atom. The summed E-state index contributed by atoms with van der Waals surface area (Å²) in [7, 11) is 2.66. The fraction of sp³-hybridized carbons (Fsp3) is 0.190. The Labute approximate surface area is 188 Å². The molecule has 2 N–H and O–H groups in total. The van der Waals surface area contributed by atoms with Crippen LogP contribution in [0.25, 0.3) is 21.8 Å². The molecule has 0 aliphatic heterocycles. The van der Waals surface area contributed by atoms with Crippen molar-refractivity contribution in [3.05, 3.63) is 46.4 Å². The number of aryl methyl sites for hydroxylation is 1. The summed E-state index contributed by atoms with van der Waals surface area (Å²) in [5, 5.41) is 3.52. The number of methoxy groups -OCH3 is 2. The van der Waals surface area contributed by atoms with Gasteiger partial charge >= 0.3 is 12.1 Å². The maximum absolute atomic E-state index is 12.7. The molecule has 0 bridgehead atoms. The monoisotopic (exact) mass is 475 g/mol. The zero-order valence-electron chi connectivity index (χ0n) is 17.9. The van der Waals surface area contributed by atoms with E-state index in [1.54, 1.807) is 25.1 Å². The van der Waals surface area contributed by atoms with Crippen molar-refractivity contribution in [1.29, 1.82) is 0 Å². The number of H-pyrrole nitrogens is 1. The van der Waals surface area contributed by atoms with Gasteiger partial charge in [0.25, 0.3) is 5.56 Å². The molecule has 13 heteroatoms. The van der Waals surface area contributed by atoms with E-state index in [2.05, 4.69) is 30.0 Å². The van der Waals surface area contributed by atoms with E-state index in [9.17, 15) is 22.8 Å². The number of fused-ring (bicyclic) bond motifs is 2. The van der Waals surface area contributed by atoms with Crippen LogP contribution in [0.2, 0.25) is 0 Å². The SMILES string of the molecule is COc1cc2c(C)nc(Nc3nc4c(OC)cccc4c(=O)[nH]3)nc2cc1OC(=O)C(F)(F)F. The van der Waals surface area contributed by atoms with Crippen LogP contribution in [0, 0.1) is 6.92 Å². The van der Waals surface area contributed by atoms with Gasteiger partial charge in [-0.1, -0.05) is 6.07 Å². The van der Waals surface area contributed by atoms with Crippen LogP contribution in [0.15, 0.2) is 35.1 Å². The number of ether oxygens (including phenoxy) is 3. The average molecular weight is 475 g/mol. The van der Waals surface area contributed by atoms with E-state index in [0.717, 1.165) is 6.07 Å². The molecule has 0 fully saturated rings. The molecule has 0 aliphatic carbocycles. The van der Waals surface area contributed by atoms with Crippen LogP contribution in [0.4, 0.5) is 25.1 Å². The predicted octanol–water partition coefficient (Wildman–Crippen LogP) is 3.40. The number of benzene rings is 2. The Hall–Kier alpha value is -4.42. The molecule has 4 aromatic rings. The molecule has 2 aromatic heterocycles. The van der Waals surface area contributed by atoms with Crippen LogP contribution in [-0.2, 0) is 4.79 Å². The molecule has 2 heterocycles. The standard InChI is InChI=1S/C21H16F3N5O5/c1-9-11-7-14(33-3)15(34-18(31)21(22,23)24)8-12(11)26-19(25-9)29-20-27-16-10(17(30)28-20)5-4-6-13(16)32-2/h4-8H,1-3H3,(H2,25,26,27,28,29,30). The number of halogens is 3. The minimum Gasteiger partial charge on any atom is -0.494 e. The van der Waals surface area contributed by atoms with E-state index in [-0.39, 0.29) is 23.2 Å². The fourth-order valence-electron chi connectivity index (χ4n) is 3.21. The van der Waals surface area contributed by atoms with E-state index in [0.29, 0.717) is 27.7 Å². The maximum atomic E-state index is 12.7. The number of aromatic amines is 1. The topological polar surface area (TPSA) is 128 Å². The van der Waals surface area contributed by atoms with Gasteiger partial charge in [0.1, 0.15) is 11.3 Å². The number of aromatic nitrogens is 4. The number of nitrogens with one attached hydrogen (secondary N) is 2. The van der Waals surface area contributed by atoms with Crippen molar-refractivity contribution < 1.29 is 32.2 Å². The molecule has 0 saturated heterocycles. The Morgan fingerprint density at radius 2 is 1.74 bits per heavy atom. The smallest absolute Gasteiger partial charge is 0.491 e. The summed E-state index contributed by atoms with van der Waals surface area (Å²) in [5.74, 6) is -2.60. The number of para-hydroxylation sites is 1. The number of carbonyl (C=O) groups excluding carboxylic acids is 1. The second-order valence-electron chi connectivity index (χ2n) is 6.94. The lowest BCUT2D eigenvalue weighted by atomic mass is 10.1. The minimum absolute atomic E-state index is 0.0120. The van der Waals surface area contributed by atoms with E-state index >= 15 is 0 Å². The first-order valence-corrected chi connectivity index (χ1v) is 9.60. The number of nitrogens with zero attached hydrogens (tertiary/aromatic N) is 3. The molecular weight excluding hydrogens is 459 g/mol. The molecule has 0 amide bonds. The summed E-state index contributed by atoms with van der Waals surface area (Å²) in [4.78, 5) is 39.2. The average Bonchev–Trinajstić information content (AvgIpc) is 2.77. The zero-order valence-corrected chi connectivity index (χ0v) is 17.9. The molecule has 4 rings (SSSR count). The third kappa shape index (κ3) is 4.27. The lowest BCUT2D eigenvalue weighted by molar-refractivity contribution is -0.189. The lowest BCUT2D eigenvalue weighted by Gasteiger charge is -2.13. The molecule has 10 nitrogen and oxygen atoms in total. The highest BCUT2D eigenvalue weighted by atomic mass is 19.4. The van der Waals surface area contributed by atoms with Gasteiger partial charge in [0, 0.05) is 11.5 Å². The highest BCUT2D eigenvalue weighted by molar-refractivity contribution is 5.88. The number of esters is 1. The van der Waals surface area contributed by atoms with E-state index in [4.69, 9.17) is 9.47 Å². The Kier molecular flexibility index (Phi) is 5.69. The van der Waals surface area contributed by atoms with Gasteiger partial charge in [0.15, 0.2) is 11.5 Å². The van der Waals surface area contributed by atoms with Crippen LogP contribution < -0.4 is 25.1 Å². The number of hydrogen-bond donors (Lipinski definition) is 2. The number of carbonyl (C=O) groups is 1. The largest absolute Gasteiger partial charge is 0.494 e. The summed E-state index contributed by atoms with van der Waals surface area (Å²) in [5.41, 5.74) is 0.455. The van der Waals surface area contributed by atoms with Crippen LogP contribution in [0.1, 0.15) is 5.69 Å². The Bertz CT molecular complexity index is 1490. The second-order valence-corrected chi connectivity index (χ2v) is 6.94. The molecule has 34 heavy (non-hydrogen) atoms. The number of anilines is 2. The van der Waals surface area contributed by atoms with Gasteiger partial charge in [-0.15, -0.1) is 0 Å². The van der Waals surface area contributed by atoms with Crippen molar-refractivity contribution in [2.24, 2.45) is 0 Å². The van der Waals surface area contributed by atoms with E-state index in [1.165, 1.54) is 20.3 Å². The van der Waals surface area contributed by atoms with Crippen LogP contribution in [0.5, 0.6) is 17.2 Å². The van der Waals surface area contributed by atoms with Crippen molar-refractivity contribution in [2.75, 3.05) is 19.5 Å². The van der Waals surface area contributed by atoms with Gasteiger partial charge < -0.3 is 14.2 Å². The van der Waals surface area contributed by atoms with Crippen molar-refractivity contribution in [3.63, 3.8) is 0 Å². The molecule has 2 aromatic carbocycles. The van der Waals surface area contributed by atoms with Gasteiger partial charge in [-0.25, -0.2) is 19.7 Å². The minimum atomic E-state index is -5.19. The maximum Gasteiger partial charge on any atom is 0.491 e. The van der Waals surface area contributed by atoms with Crippen LogP contribution >= 0.6 is 0 Å². The normalized spacial score (nSPS) is 11.5. The summed E-state index contributed by atoms with van der Waals surface area (Å²) in [6, 6.07) is 7.36. The summed E-state index contributed by atoms with van der Waals surface area (Å²) in [6.45, 7) is 1.63. The molecule has 0 aliphatic rings. The first-order chi connectivity index (χ1) is 16.1. The van der Waals surface area contributed by atoms with Gasteiger partial charge in [-0.05, 0) is 25.1 Å². The predicted molar refractivity (Wildman–Crippen MR) is 115 cm³/mol. The number of hydrogen-bond acceptors (Lipinski definition) is 9. The molecule has 0 radical (unpaired) electrons.